The second-order valence-corrected chi connectivity index (χ2v) is 6.03. The maximum atomic E-state index is 8.84. The quantitative estimate of drug-likeness (QED) is 0.560. The van der Waals surface area contributed by atoms with Gasteiger partial charge in [-0.2, -0.15) is 5.10 Å². The largest absolute Gasteiger partial charge is 0.396 e. The summed E-state index contributed by atoms with van der Waals surface area (Å²) in [7, 11) is 1.99. The molecule has 0 unspecified atom stereocenters. The van der Waals surface area contributed by atoms with Gasteiger partial charge in [0, 0.05) is 31.5 Å². The van der Waals surface area contributed by atoms with Gasteiger partial charge in [0.1, 0.15) is 0 Å². The van der Waals surface area contributed by atoms with Crippen molar-refractivity contribution in [1.29, 1.82) is 0 Å². The third kappa shape index (κ3) is 4.63. The molecule has 1 heterocycles. The number of hydrogen-bond acceptors (Lipinski definition) is 4. The number of aliphatic hydroxyl groups excluding tert-OH is 1. The molecule has 4 nitrogen and oxygen atoms in total. The number of thioether (sulfide) groups is 1. The number of aliphatic hydroxyl groups is 1. The molecule has 1 rings (SSSR count). The molecule has 0 aliphatic carbocycles. The Morgan fingerprint density at radius 3 is 2.78 bits per heavy atom. The highest BCUT2D eigenvalue weighted by molar-refractivity contribution is 7.99. The van der Waals surface area contributed by atoms with Crippen LogP contribution in [0.15, 0.2) is 5.03 Å². The van der Waals surface area contributed by atoms with Gasteiger partial charge in [-0.05, 0) is 25.8 Å². The van der Waals surface area contributed by atoms with E-state index in [9.17, 15) is 0 Å². The van der Waals surface area contributed by atoms with E-state index < -0.39 is 0 Å². The van der Waals surface area contributed by atoms with Crippen molar-refractivity contribution in [3.05, 3.63) is 11.3 Å². The van der Waals surface area contributed by atoms with E-state index in [0.29, 0.717) is 5.92 Å². The van der Waals surface area contributed by atoms with Crippen LogP contribution in [0.25, 0.3) is 0 Å². The number of nitrogens with zero attached hydrogens (tertiary/aromatic N) is 2. The zero-order valence-corrected chi connectivity index (χ0v) is 12.7. The first kappa shape index (κ1) is 15.5. The van der Waals surface area contributed by atoms with Crippen molar-refractivity contribution in [2.24, 2.45) is 13.0 Å². The molecule has 0 saturated heterocycles. The van der Waals surface area contributed by atoms with E-state index in [-0.39, 0.29) is 6.61 Å². The van der Waals surface area contributed by atoms with Crippen molar-refractivity contribution >= 4 is 11.8 Å². The van der Waals surface area contributed by atoms with Crippen LogP contribution in [0.3, 0.4) is 0 Å². The molecule has 2 N–H and O–H groups in total. The SMILES string of the molecule is Cc1nn(C)c(SCCCO)c1CNCC(C)C. The Labute approximate surface area is 114 Å². The first-order valence-corrected chi connectivity index (χ1v) is 7.51. The number of hydrogen-bond donors (Lipinski definition) is 2. The minimum absolute atomic E-state index is 0.255. The van der Waals surface area contributed by atoms with E-state index in [2.05, 4.69) is 31.2 Å². The van der Waals surface area contributed by atoms with E-state index in [0.717, 1.165) is 31.0 Å². The Morgan fingerprint density at radius 2 is 2.17 bits per heavy atom. The van der Waals surface area contributed by atoms with E-state index in [4.69, 9.17) is 5.11 Å². The molecule has 0 bridgehead atoms. The molecule has 0 fully saturated rings. The smallest absolute Gasteiger partial charge is 0.0984 e. The first-order chi connectivity index (χ1) is 8.56. The van der Waals surface area contributed by atoms with Gasteiger partial charge in [0.2, 0.25) is 0 Å². The Morgan fingerprint density at radius 1 is 1.44 bits per heavy atom. The zero-order chi connectivity index (χ0) is 13.5. The van der Waals surface area contributed by atoms with Gasteiger partial charge < -0.3 is 10.4 Å². The van der Waals surface area contributed by atoms with E-state index in [1.807, 2.05) is 11.7 Å². The Hall–Kier alpha value is -0.520. The van der Waals surface area contributed by atoms with Gasteiger partial charge in [-0.3, -0.25) is 4.68 Å². The van der Waals surface area contributed by atoms with Crippen LogP contribution in [0.1, 0.15) is 31.5 Å². The molecule has 1 aromatic rings. The maximum absolute atomic E-state index is 8.84. The van der Waals surface area contributed by atoms with Gasteiger partial charge in [0.25, 0.3) is 0 Å². The van der Waals surface area contributed by atoms with Crippen LogP contribution in [0.4, 0.5) is 0 Å². The van der Waals surface area contributed by atoms with Crippen LogP contribution in [0.5, 0.6) is 0 Å². The average molecular weight is 271 g/mol. The number of rotatable bonds is 8. The maximum Gasteiger partial charge on any atom is 0.0984 e. The molecule has 0 spiro atoms. The topological polar surface area (TPSA) is 50.1 Å². The summed E-state index contributed by atoms with van der Waals surface area (Å²) in [5.74, 6) is 1.60. The molecule has 0 saturated carbocycles. The molecule has 0 atom stereocenters. The van der Waals surface area contributed by atoms with Crippen LogP contribution < -0.4 is 5.32 Å². The van der Waals surface area contributed by atoms with Gasteiger partial charge in [-0.1, -0.05) is 13.8 Å². The lowest BCUT2D eigenvalue weighted by atomic mass is 10.2. The van der Waals surface area contributed by atoms with Gasteiger partial charge in [-0.15, -0.1) is 11.8 Å². The fourth-order valence-electron chi connectivity index (χ4n) is 1.78. The minimum Gasteiger partial charge on any atom is -0.396 e. The molecule has 0 aliphatic heterocycles. The summed E-state index contributed by atoms with van der Waals surface area (Å²) < 4.78 is 1.95. The molecule has 18 heavy (non-hydrogen) atoms. The number of nitrogens with one attached hydrogen (secondary N) is 1. The summed E-state index contributed by atoms with van der Waals surface area (Å²) in [6.45, 7) is 8.63. The number of aryl methyl sites for hydroxylation is 2. The van der Waals surface area contributed by atoms with E-state index in [1.54, 1.807) is 11.8 Å². The van der Waals surface area contributed by atoms with Crippen LogP contribution in [0.2, 0.25) is 0 Å². The Bertz CT molecular complexity index is 363. The van der Waals surface area contributed by atoms with Crippen molar-refractivity contribution in [2.45, 2.75) is 38.8 Å². The summed E-state index contributed by atoms with van der Waals surface area (Å²) in [5, 5.41) is 18.0. The second-order valence-electron chi connectivity index (χ2n) is 4.94. The summed E-state index contributed by atoms with van der Waals surface area (Å²) in [5.41, 5.74) is 2.39. The lowest BCUT2D eigenvalue weighted by Crippen LogP contribution is -2.19. The van der Waals surface area contributed by atoms with Crippen molar-refractivity contribution in [2.75, 3.05) is 18.9 Å². The molecule has 0 amide bonds. The predicted octanol–water partition coefficient (Wildman–Crippen LogP) is 1.95. The van der Waals surface area contributed by atoms with Crippen molar-refractivity contribution in [3.8, 4) is 0 Å². The average Bonchev–Trinajstić information content (AvgIpc) is 2.55. The van der Waals surface area contributed by atoms with Gasteiger partial charge in [-0.25, -0.2) is 0 Å². The zero-order valence-electron chi connectivity index (χ0n) is 11.9. The van der Waals surface area contributed by atoms with Gasteiger partial charge >= 0.3 is 0 Å². The van der Waals surface area contributed by atoms with Crippen LogP contribution in [0, 0.1) is 12.8 Å². The molecular weight excluding hydrogens is 246 g/mol. The highest BCUT2D eigenvalue weighted by Crippen LogP contribution is 2.25. The molecule has 0 radical (unpaired) electrons. The van der Waals surface area contributed by atoms with Crippen molar-refractivity contribution in [1.82, 2.24) is 15.1 Å². The molecule has 0 aromatic carbocycles. The summed E-state index contributed by atoms with van der Waals surface area (Å²) in [4.78, 5) is 0. The molecular formula is C13H25N3OS. The van der Waals surface area contributed by atoms with Crippen LogP contribution in [-0.2, 0) is 13.6 Å². The lowest BCUT2D eigenvalue weighted by Gasteiger charge is -2.09. The third-order valence-electron chi connectivity index (χ3n) is 2.68. The van der Waals surface area contributed by atoms with Crippen LogP contribution in [-0.4, -0.2) is 33.8 Å². The predicted molar refractivity (Wildman–Crippen MR) is 76.9 cm³/mol. The lowest BCUT2D eigenvalue weighted by molar-refractivity contribution is 0.296. The molecule has 0 aliphatic rings. The fourth-order valence-corrected chi connectivity index (χ4v) is 2.87. The van der Waals surface area contributed by atoms with Gasteiger partial charge in [0.05, 0.1) is 10.7 Å². The molecule has 1 aromatic heterocycles. The summed E-state index contributed by atoms with van der Waals surface area (Å²) in [6, 6.07) is 0. The second kappa shape index (κ2) is 7.81. The van der Waals surface area contributed by atoms with Crippen molar-refractivity contribution < 1.29 is 5.11 Å². The first-order valence-electron chi connectivity index (χ1n) is 6.53. The Balaban J connectivity index is 2.63. The van der Waals surface area contributed by atoms with E-state index in [1.165, 1.54) is 10.6 Å². The van der Waals surface area contributed by atoms with Crippen LogP contribution >= 0.6 is 11.8 Å². The monoisotopic (exact) mass is 271 g/mol. The highest BCUT2D eigenvalue weighted by atomic mass is 32.2. The highest BCUT2D eigenvalue weighted by Gasteiger charge is 2.13. The molecule has 5 heteroatoms. The van der Waals surface area contributed by atoms with Gasteiger partial charge in [0.15, 0.2) is 0 Å². The Kier molecular flexibility index (Phi) is 6.75. The summed E-state index contributed by atoms with van der Waals surface area (Å²) >= 11 is 1.78. The molecule has 104 valence electrons. The summed E-state index contributed by atoms with van der Waals surface area (Å²) in [6.07, 6.45) is 0.827. The fraction of sp³-hybridized carbons (Fsp3) is 0.769. The van der Waals surface area contributed by atoms with E-state index >= 15 is 0 Å². The third-order valence-corrected chi connectivity index (χ3v) is 3.96. The minimum atomic E-state index is 0.255. The van der Waals surface area contributed by atoms with Crippen molar-refractivity contribution in [3.63, 3.8) is 0 Å². The number of aromatic nitrogens is 2. The normalized spacial score (nSPS) is 11.4. The standard InChI is InChI=1S/C13H25N3OS/c1-10(2)8-14-9-12-11(3)15-16(4)13(12)18-7-5-6-17/h10,14,17H,5-9H2,1-4H3.